The molecule has 0 aromatic heterocycles. The third-order valence-electron chi connectivity index (χ3n) is 0.774. The topological polar surface area (TPSA) is 76.8 Å². The van der Waals surface area contributed by atoms with Gasteiger partial charge in [0.1, 0.15) is 9.49 Å². The predicted molar refractivity (Wildman–Crippen MR) is 55.7 cm³/mol. The molecule has 0 aliphatic rings. The standard InChI is InChI=1S/C7H14N2.CH6N2/c1-6(2)8-5-9-7(3)4;2-1-3/h5H2,1-4H3;1-3H2/i/hD2. The summed E-state index contributed by atoms with van der Waals surface area (Å²) in [5, 5.41) is 0. The molecule has 0 aliphatic carbocycles. The smallest absolute Gasteiger partial charge is 0.129 e. The highest BCUT2D eigenvalue weighted by molar-refractivity contribution is 5.80. The van der Waals surface area contributed by atoms with Crippen molar-refractivity contribution in [1.29, 1.82) is 0 Å². The van der Waals surface area contributed by atoms with Crippen LogP contribution >= 0.6 is 0 Å². The molecule has 0 radical (unpaired) electrons. The average Bonchev–Trinajstić information content (AvgIpc) is 2.05. The Bertz CT molecular complexity index is 154. The van der Waals surface area contributed by atoms with Gasteiger partial charge in [0.15, 0.2) is 0 Å². The van der Waals surface area contributed by atoms with E-state index in [0.29, 0.717) is 6.67 Å². The predicted octanol–water partition coefficient (Wildman–Crippen LogP) is 0.767. The van der Waals surface area contributed by atoms with Gasteiger partial charge in [-0.25, -0.2) is 0 Å². The lowest BCUT2D eigenvalue weighted by Crippen LogP contribution is -2.08. The fraction of sp³-hybridized carbons (Fsp3) is 0.750. The van der Waals surface area contributed by atoms with Gasteiger partial charge < -0.3 is 11.5 Å². The summed E-state index contributed by atoms with van der Waals surface area (Å²) in [6.45, 7) is 8.70. The van der Waals surface area contributed by atoms with Gasteiger partial charge in [-0.2, -0.15) is 0 Å². The van der Waals surface area contributed by atoms with Gasteiger partial charge in [-0.05, 0) is 27.7 Å². The zero-order chi connectivity index (χ0) is 11.4. The number of nitrogens with zero attached hydrogens (tertiary/aromatic N) is 2. The minimum Gasteiger partial charge on any atom is -0.319 e. The third kappa shape index (κ3) is 22.8. The number of nitrogens with two attached hydrogens (primary N) is 2. The first-order valence-corrected chi connectivity index (χ1v) is 3.79. The van der Waals surface area contributed by atoms with Crippen molar-refractivity contribution in [2.75, 3.05) is 13.3 Å². The molecule has 4 heteroatoms. The molecular weight excluding hydrogens is 152 g/mol. The van der Waals surface area contributed by atoms with E-state index >= 15 is 0 Å². The highest BCUT2D eigenvalue weighted by Gasteiger charge is 1.76. The first-order chi connectivity index (χ1) is 6.54. The van der Waals surface area contributed by atoms with Crippen molar-refractivity contribution in [1.82, 2.24) is 0 Å². The maximum absolute atomic E-state index is 6.17. The summed E-state index contributed by atoms with van der Waals surface area (Å²) in [6.07, 6.45) is 0. The van der Waals surface area contributed by atoms with E-state index < -0.39 is 0 Å². The molecule has 0 fully saturated rings. The summed E-state index contributed by atoms with van der Waals surface area (Å²) in [7, 11) is 0. The highest BCUT2D eigenvalue weighted by atomic mass is 14.9. The molecule has 0 aliphatic heterocycles. The van der Waals surface area contributed by atoms with E-state index in [-0.39, 0.29) is 6.67 Å². The molecule has 4 nitrogen and oxygen atoms in total. The van der Waals surface area contributed by atoms with Crippen molar-refractivity contribution in [3.8, 4) is 0 Å². The molecule has 0 saturated carbocycles. The largest absolute Gasteiger partial charge is 0.319 e. The fourth-order valence-corrected chi connectivity index (χ4v) is 0.318. The summed E-state index contributed by atoms with van der Waals surface area (Å²) in [4.78, 5) is 8.19. The minimum absolute atomic E-state index is 0.222. The molecular formula is C8H20N4. The molecule has 4 N–H and O–H groups in total. The lowest BCUT2D eigenvalue weighted by Gasteiger charge is -1.88. The van der Waals surface area contributed by atoms with Crippen LogP contribution in [0.25, 0.3) is 0 Å². The molecule has 0 aromatic carbocycles. The van der Waals surface area contributed by atoms with E-state index in [1.807, 2.05) is 39.1 Å². The van der Waals surface area contributed by atoms with Crippen LogP contribution in [0.3, 0.4) is 0 Å². The average molecular weight is 174 g/mol. The first kappa shape index (κ1) is 9.35. The van der Waals surface area contributed by atoms with Crippen LogP contribution in [0.15, 0.2) is 9.98 Å². The van der Waals surface area contributed by atoms with Crippen molar-refractivity contribution < 1.29 is 2.82 Å². The number of hydrogen-bond acceptors (Lipinski definition) is 4. The van der Waals surface area contributed by atoms with Gasteiger partial charge in [-0.3, -0.25) is 9.98 Å². The zero-order valence-electron chi connectivity index (χ0n) is 10.3. The molecule has 0 saturated heterocycles. The normalized spacial score (nSPS) is 10.0. The van der Waals surface area contributed by atoms with Crippen molar-refractivity contribution >= 4 is 11.4 Å². The first-order valence-electron chi connectivity index (χ1n) is 4.79. The van der Waals surface area contributed by atoms with Crippen molar-refractivity contribution in [3.63, 3.8) is 0 Å². The maximum Gasteiger partial charge on any atom is 0.129 e. The van der Waals surface area contributed by atoms with Crippen molar-refractivity contribution in [3.05, 3.63) is 0 Å². The molecule has 0 rings (SSSR count). The molecule has 72 valence electrons. The Morgan fingerprint density at radius 1 is 1.08 bits per heavy atom. The monoisotopic (exact) mass is 174 g/mol. The Kier molecular flexibility index (Phi) is 7.99. The van der Waals surface area contributed by atoms with Crippen LogP contribution in [0, 0.1) is 0 Å². The second-order valence-electron chi connectivity index (χ2n) is 2.53. The van der Waals surface area contributed by atoms with Gasteiger partial charge in [-0.15, -0.1) is 0 Å². The Labute approximate surface area is 77.7 Å². The summed E-state index contributed by atoms with van der Waals surface area (Å²) in [5.74, 6) is 0. The molecule has 0 unspecified atom stereocenters. The minimum atomic E-state index is 0.222. The van der Waals surface area contributed by atoms with E-state index in [2.05, 4.69) is 9.98 Å². The van der Waals surface area contributed by atoms with Crippen molar-refractivity contribution in [2.45, 2.75) is 27.7 Å². The Morgan fingerprint density at radius 3 is 1.67 bits per heavy atom. The van der Waals surface area contributed by atoms with Crippen LogP contribution in [0.2, 0.25) is 2.82 Å². The van der Waals surface area contributed by atoms with E-state index in [0.717, 1.165) is 11.4 Å². The zero-order valence-corrected chi connectivity index (χ0v) is 8.31. The molecule has 0 aromatic rings. The maximum atomic E-state index is 6.17. The lowest BCUT2D eigenvalue weighted by molar-refractivity contribution is 1.06. The van der Waals surface area contributed by atoms with E-state index in [9.17, 15) is 0 Å². The summed E-state index contributed by atoms with van der Waals surface area (Å²) in [5.41, 5.74) is 6.10. The Morgan fingerprint density at radius 2 is 1.50 bits per heavy atom. The van der Waals surface area contributed by atoms with Crippen LogP contribution in [-0.2, 0) is 0 Å². The van der Waals surface area contributed by atoms with E-state index in [4.69, 9.17) is 2.82 Å². The van der Waals surface area contributed by atoms with E-state index in [1.54, 1.807) is 0 Å². The van der Waals surface area contributed by atoms with Crippen LogP contribution in [-0.4, -0.2) is 24.8 Å². The van der Waals surface area contributed by atoms with Crippen LogP contribution in [0.5, 0.6) is 0 Å². The summed E-state index contributed by atoms with van der Waals surface area (Å²) >= 11 is 0. The Hall–Kier alpha value is -0.740. The van der Waals surface area contributed by atoms with Gasteiger partial charge in [0.25, 0.3) is 0 Å². The lowest BCUT2D eigenvalue weighted by atomic mass is 10.5. The Balaban J connectivity index is 0. The van der Waals surface area contributed by atoms with Gasteiger partial charge >= 0.3 is 0 Å². The summed E-state index contributed by atoms with van der Waals surface area (Å²) in [6, 6.07) is 0. The van der Waals surface area contributed by atoms with Gasteiger partial charge in [0.2, 0.25) is 0 Å². The quantitative estimate of drug-likeness (QED) is 0.488. The molecule has 0 atom stereocenters. The van der Waals surface area contributed by atoms with Crippen LogP contribution < -0.4 is 11.5 Å². The van der Waals surface area contributed by atoms with Gasteiger partial charge in [0.05, 0.1) is 0 Å². The number of rotatable bonds is 4. The molecule has 0 spiro atoms. The number of hydrogen-bond donors (Lipinski definition) is 2. The van der Waals surface area contributed by atoms with Crippen molar-refractivity contribution in [2.24, 2.45) is 21.4 Å². The molecule has 0 heterocycles. The second-order valence-corrected chi connectivity index (χ2v) is 2.53. The fourth-order valence-electron chi connectivity index (χ4n) is 0.318. The molecule has 12 heavy (non-hydrogen) atoms. The SMILES string of the molecule is CC(C)=NCN=C(C)C.[2H]NCN[2H]. The second kappa shape index (κ2) is 10.3. The summed E-state index contributed by atoms with van der Waals surface area (Å²) < 4.78 is 12.3. The molecule has 0 amide bonds. The van der Waals surface area contributed by atoms with Gasteiger partial charge in [0, 0.05) is 18.1 Å². The van der Waals surface area contributed by atoms with Gasteiger partial charge in [-0.1, -0.05) is 0 Å². The molecule has 0 bridgehead atoms. The third-order valence-corrected chi connectivity index (χ3v) is 0.774. The van der Waals surface area contributed by atoms with E-state index in [1.165, 1.54) is 0 Å². The highest BCUT2D eigenvalue weighted by Crippen LogP contribution is 1.79. The van der Waals surface area contributed by atoms with Crippen LogP contribution in [0.4, 0.5) is 0 Å². The van der Waals surface area contributed by atoms with Crippen LogP contribution in [0.1, 0.15) is 27.7 Å². The number of aliphatic imine (C=N–C) groups is 2.